The third-order valence-electron chi connectivity index (χ3n) is 2.83. The maximum atomic E-state index is 12.3. The summed E-state index contributed by atoms with van der Waals surface area (Å²) in [5.41, 5.74) is 0.417. The summed E-state index contributed by atoms with van der Waals surface area (Å²) in [6, 6.07) is 0. The molecule has 2 heterocycles. The van der Waals surface area contributed by atoms with E-state index in [9.17, 15) is 4.79 Å². The van der Waals surface area contributed by atoms with Crippen molar-refractivity contribution >= 4 is 23.5 Å². The van der Waals surface area contributed by atoms with Crippen molar-refractivity contribution in [3.8, 4) is 0 Å². The van der Waals surface area contributed by atoms with E-state index >= 15 is 0 Å². The average molecular weight is 266 g/mol. The molecule has 0 saturated carbocycles. The predicted molar refractivity (Wildman–Crippen MR) is 74.0 cm³/mol. The number of hydrogen-bond acceptors (Lipinski definition) is 5. The van der Waals surface area contributed by atoms with Gasteiger partial charge in [0.05, 0.1) is 12.4 Å². The van der Waals surface area contributed by atoms with Gasteiger partial charge in [0.15, 0.2) is 0 Å². The smallest absolute Gasteiger partial charge is 0.274 e. The maximum absolute atomic E-state index is 12.3. The second-order valence-electron chi connectivity index (χ2n) is 4.50. The molecular formula is C12H18N4OS. The number of amides is 1. The van der Waals surface area contributed by atoms with Gasteiger partial charge in [-0.05, 0) is 0 Å². The van der Waals surface area contributed by atoms with Gasteiger partial charge in [0.25, 0.3) is 5.91 Å². The molecule has 2 atom stereocenters. The van der Waals surface area contributed by atoms with Crippen molar-refractivity contribution in [1.29, 1.82) is 0 Å². The molecule has 1 aliphatic heterocycles. The van der Waals surface area contributed by atoms with Gasteiger partial charge in [0, 0.05) is 30.6 Å². The number of anilines is 1. The minimum atomic E-state index is -0.0239. The summed E-state index contributed by atoms with van der Waals surface area (Å²) in [7, 11) is 1.77. The normalized spacial score (nSPS) is 23.8. The van der Waals surface area contributed by atoms with Crippen LogP contribution in [-0.4, -0.2) is 51.4 Å². The highest BCUT2D eigenvalue weighted by molar-refractivity contribution is 8.00. The van der Waals surface area contributed by atoms with E-state index in [1.54, 1.807) is 13.2 Å². The molecule has 5 nitrogen and oxygen atoms in total. The molecule has 0 aromatic carbocycles. The van der Waals surface area contributed by atoms with Crippen LogP contribution in [0.25, 0.3) is 0 Å². The van der Waals surface area contributed by atoms with Gasteiger partial charge in [0.2, 0.25) is 0 Å². The number of nitrogens with zero attached hydrogens (tertiary/aromatic N) is 3. The number of nitrogens with one attached hydrogen (secondary N) is 1. The SMILES string of the molecule is CNc1cnc(C(=O)N2CC(C)SC(C)C2)cn1. The minimum absolute atomic E-state index is 0.0239. The Morgan fingerprint density at radius 3 is 2.50 bits per heavy atom. The molecule has 6 heteroatoms. The Morgan fingerprint density at radius 1 is 1.33 bits per heavy atom. The highest BCUT2D eigenvalue weighted by atomic mass is 32.2. The van der Waals surface area contributed by atoms with Crippen LogP contribution in [-0.2, 0) is 0 Å². The Hall–Kier alpha value is -1.30. The number of hydrogen-bond donors (Lipinski definition) is 1. The second-order valence-corrected chi connectivity index (χ2v) is 6.39. The quantitative estimate of drug-likeness (QED) is 0.878. The molecule has 2 rings (SSSR count). The molecule has 18 heavy (non-hydrogen) atoms. The Balaban J connectivity index is 2.09. The van der Waals surface area contributed by atoms with Crippen LogP contribution in [0.2, 0.25) is 0 Å². The molecule has 1 aliphatic rings. The average Bonchev–Trinajstić information content (AvgIpc) is 2.37. The lowest BCUT2D eigenvalue weighted by molar-refractivity contribution is 0.0747. The topological polar surface area (TPSA) is 58.1 Å². The van der Waals surface area contributed by atoms with Gasteiger partial charge in [-0.1, -0.05) is 13.8 Å². The molecule has 1 saturated heterocycles. The molecule has 0 spiro atoms. The molecule has 0 bridgehead atoms. The third kappa shape index (κ3) is 2.93. The van der Waals surface area contributed by atoms with Gasteiger partial charge < -0.3 is 10.2 Å². The first-order valence-electron chi connectivity index (χ1n) is 6.04. The summed E-state index contributed by atoms with van der Waals surface area (Å²) in [5.74, 6) is 0.645. The standard InChI is InChI=1S/C12H18N4OS/c1-8-6-16(7-9(2)18-8)12(17)10-4-15-11(13-3)5-14-10/h4-5,8-9H,6-7H2,1-3H3,(H,13,15). The molecule has 98 valence electrons. The van der Waals surface area contributed by atoms with Crippen molar-refractivity contribution in [2.75, 3.05) is 25.5 Å². The first-order chi connectivity index (χ1) is 8.60. The first kappa shape index (κ1) is 13.1. The van der Waals surface area contributed by atoms with Crippen molar-refractivity contribution in [3.63, 3.8) is 0 Å². The number of carbonyl (C=O) groups is 1. The molecule has 2 unspecified atom stereocenters. The summed E-state index contributed by atoms with van der Waals surface area (Å²) in [4.78, 5) is 22.4. The zero-order chi connectivity index (χ0) is 13.1. The van der Waals surface area contributed by atoms with Gasteiger partial charge in [-0.3, -0.25) is 4.79 Å². The van der Waals surface area contributed by atoms with Crippen LogP contribution in [0.4, 0.5) is 5.82 Å². The summed E-state index contributed by atoms with van der Waals surface area (Å²) in [5, 5.41) is 3.83. The number of rotatable bonds is 2. The van der Waals surface area contributed by atoms with Crippen molar-refractivity contribution < 1.29 is 4.79 Å². The Labute approximate surface area is 111 Å². The summed E-state index contributed by atoms with van der Waals surface area (Å²) >= 11 is 1.92. The van der Waals surface area contributed by atoms with Crippen LogP contribution in [0.15, 0.2) is 12.4 Å². The lowest BCUT2D eigenvalue weighted by atomic mass is 10.3. The van der Waals surface area contributed by atoms with Crippen molar-refractivity contribution in [2.24, 2.45) is 0 Å². The van der Waals surface area contributed by atoms with E-state index < -0.39 is 0 Å². The van der Waals surface area contributed by atoms with Gasteiger partial charge in [-0.2, -0.15) is 11.8 Å². The lowest BCUT2D eigenvalue weighted by Crippen LogP contribution is -2.44. The Kier molecular flexibility index (Phi) is 4.06. The van der Waals surface area contributed by atoms with E-state index in [0.29, 0.717) is 22.0 Å². The van der Waals surface area contributed by atoms with Crippen LogP contribution < -0.4 is 5.32 Å². The number of carbonyl (C=O) groups excluding carboxylic acids is 1. The maximum Gasteiger partial charge on any atom is 0.274 e. The lowest BCUT2D eigenvalue weighted by Gasteiger charge is -2.34. The van der Waals surface area contributed by atoms with Gasteiger partial charge in [0.1, 0.15) is 11.5 Å². The summed E-state index contributed by atoms with van der Waals surface area (Å²) in [6.45, 7) is 5.86. The fourth-order valence-corrected chi connectivity index (χ4v) is 3.40. The first-order valence-corrected chi connectivity index (χ1v) is 6.99. The molecular weight excluding hydrogens is 248 g/mol. The molecule has 1 N–H and O–H groups in total. The van der Waals surface area contributed by atoms with Gasteiger partial charge in [-0.25, -0.2) is 9.97 Å². The van der Waals surface area contributed by atoms with E-state index in [1.807, 2.05) is 16.7 Å². The Bertz CT molecular complexity index is 413. The van der Waals surface area contributed by atoms with E-state index in [-0.39, 0.29) is 5.91 Å². The van der Waals surface area contributed by atoms with Crippen molar-refractivity contribution in [1.82, 2.24) is 14.9 Å². The van der Waals surface area contributed by atoms with Crippen molar-refractivity contribution in [3.05, 3.63) is 18.1 Å². The van der Waals surface area contributed by atoms with Crippen molar-refractivity contribution in [2.45, 2.75) is 24.3 Å². The Morgan fingerprint density at radius 2 is 2.00 bits per heavy atom. The summed E-state index contributed by atoms with van der Waals surface area (Å²) in [6.07, 6.45) is 3.12. The zero-order valence-corrected chi connectivity index (χ0v) is 11.7. The molecule has 0 aliphatic carbocycles. The molecule has 0 radical (unpaired) electrons. The molecule has 1 amide bonds. The van der Waals surface area contributed by atoms with E-state index in [0.717, 1.165) is 13.1 Å². The third-order valence-corrected chi connectivity index (χ3v) is 4.06. The largest absolute Gasteiger partial charge is 0.372 e. The molecule has 1 aromatic heterocycles. The minimum Gasteiger partial charge on any atom is -0.372 e. The second kappa shape index (κ2) is 5.56. The van der Waals surface area contributed by atoms with Gasteiger partial charge in [-0.15, -0.1) is 0 Å². The van der Waals surface area contributed by atoms with E-state index in [4.69, 9.17) is 0 Å². The van der Waals surface area contributed by atoms with Crippen LogP contribution >= 0.6 is 11.8 Å². The van der Waals surface area contributed by atoms with Crippen LogP contribution in [0.1, 0.15) is 24.3 Å². The fourth-order valence-electron chi connectivity index (χ4n) is 2.07. The number of thioether (sulfide) groups is 1. The van der Waals surface area contributed by atoms with Crippen LogP contribution in [0.3, 0.4) is 0 Å². The summed E-state index contributed by atoms with van der Waals surface area (Å²) < 4.78 is 0. The monoisotopic (exact) mass is 266 g/mol. The van der Waals surface area contributed by atoms with Gasteiger partial charge >= 0.3 is 0 Å². The fraction of sp³-hybridized carbons (Fsp3) is 0.583. The highest BCUT2D eigenvalue weighted by Gasteiger charge is 2.27. The van der Waals surface area contributed by atoms with E-state index in [1.165, 1.54) is 6.20 Å². The number of aromatic nitrogens is 2. The zero-order valence-electron chi connectivity index (χ0n) is 10.9. The van der Waals surface area contributed by atoms with Crippen LogP contribution in [0, 0.1) is 0 Å². The molecule has 1 fully saturated rings. The predicted octanol–water partition coefficient (Wildman–Crippen LogP) is 1.48. The van der Waals surface area contributed by atoms with E-state index in [2.05, 4.69) is 29.1 Å². The highest BCUT2D eigenvalue weighted by Crippen LogP contribution is 2.25. The van der Waals surface area contributed by atoms with Crippen LogP contribution in [0.5, 0.6) is 0 Å². The molecule has 1 aromatic rings.